The van der Waals surface area contributed by atoms with E-state index in [4.69, 9.17) is 5.26 Å². The van der Waals surface area contributed by atoms with Crippen LogP contribution in [0.25, 0.3) is 6.08 Å². The third kappa shape index (κ3) is 3.96. The second-order valence-electron chi connectivity index (χ2n) is 4.97. The number of nitro benzene ring substituents is 1. The summed E-state index contributed by atoms with van der Waals surface area (Å²) in [6, 6.07) is 12.1. The van der Waals surface area contributed by atoms with Crippen LogP contribution in [0.4, 0.5) is 11.4 Å². The summed E-state index contributed by atoms with van der Waals surface area (Å²) in [7, 11) is 0. The average molecular weight is 322 g/mol. The minimum Gasteiger partial charge on any atom is -0.868 e. The molecule has 1 N–H and O–H groups in total. The van der Waals surface area contributed by atoms with Crippen molar-refractivity contribution in [3.8, 4) is 11.8 Å². The zero-order valence-corrected chi connectivity index (χ0v) is 12.6. The number of nitrogens with one attached hydrogen (secondary N) is 1. The van der Waals surface area contributed by atoms with E-state index in [9.17, 15) is 20.0 Å². The molecule has 0 aliphatic carbocycles. The van der Waals surface area contributed by atoms with Crippen LogP contribution in [0.1, 0.15) is 11.1 Å². The third-order valence-electron chi connectivity index (χ3n) is 3.17. The maximum absolute atomic E-state index is 12.1. The van der Waals surface area contributed by atoms with Crippen molar-refractivity contribution in [1.29, 1.82) is 5.26 Å². The first-order chi connectivity index (χ1) is 11.4. The predicted molar refractivity (Wildman–Crippen MR) is 85.9 cm³/mol. The molecule has 0 atom stereocenters. The molecule has 0 saturated heterocycles. The molecular formula is C17H12N3O4-. The number of hydrogen-bond acceptors (Lipinski definition) is 5. The van der Waals surface area contributed by atoms with Crippen LogP contribution in [0.3, 0.4) is 0 Å². The Labute approximate surface area is 137 Å². The van der Waals surface area contributed by atoms with E-state index >= 15 is 0 Å². The second kappa shape index (κ2) is 7.07. The number of nitro groups is 1. The molecule has 1 amide bonds. The van der Waals surface area contributed by atoms with Gasteiger partial charge < -0.3 is 10.4 Å². The van der Waals surface area contributed by atoms with Crippen LogP contribution in [0.15, 0.2) is 48.0 Å². The smallest absolute Gasteiger partial charge is 0.266 e. The van der Waals surface area contributed by atoms with Gasteiger partial charge in [-0.25, -0.2) is 0 Å². The number of anilines is 1. The Balaban J connectivity index is 2.27. The van der Waals surface area contributed by atoms with Crippen LogP contribution in [0.2, 0.25) is 0 Å². The summed E-state index contributed by atoms with van der Waals surface area (Å²) < 4.78 is 0. The molecule has 0 aromatic heterocycles. The van der Waals surface area contributed by atoms with Crippen molar-refractivity contribution in [2.24, 2.45) is 0 Å². The van der Waals surface area contributed by atoms with Gasteiger partial charge in [0.15, 0.2) is 0 Å². The molecule has 2 rings (SSSR count). The molecule has 0 unspecified atom stereocenters. The zero-order valence-electron chi connectivity index (χ0n) is 12.6. The van der Waals surface area contributed by atoms with Gasteiger partial charge in [0.1, 0.15) is 11.6 Å². The van der Waals surface area contributed by atoms with E-state index in [1.165, 1.54) is 12.1 Å². The van der Waals surface area contributed by atoms with Gasteiger partial charge in [0.25, 0.3) is 11.6 Å². The Morgan fingerprint density at radius 2 is 1.92 bits per heavy atom. The van der Waals surface area contributed by atoms with E-state index in [0.29, 0.717) is 5.69 Å². The quantitative estimate of drug-likeness (QED) is 0.401. The monoisotopic (exact) mass is 322 g/mol. The van der Waals surface area contributed by atoms with Gasteiger partial charge in [0.2, 0.25) is 0 Å². The molecule has 0 bridgehead atoms. The fourth-order valence-electron chi connectivity index (χ4n) is 1.92. The van der Waals surface area contributed by atoms with Crippen LogP contribution in [-0.2, 0) is 4.79 Å². The van der Waals surface area contributed by atoms with Crippen molar-refractivity contribution in [3.63, 3.8) is 0 Å². The summed E-state index contributed by atoms with van der Waals surface area (Å²) in [5, 5.41) is 33.8. The molecule has 2 aromatic carbocycles. The molecule has 120 valence electrons. The van der Waals surface area contributed by atoms with E-state index in [2.05, 4.69) is 5.32 Å². The Hall–Kier alpha value is -3.66. The lowest BCUT2D eigenvalue weighted by atomic mass is 10.1. The zero-order chi connectivity index (χ0) is 17.7. The Kier molecular flexibility index (Phi) is 4.92. The fourth-order valence-corrected chi connectivity index (χ4v) is 1.92. The molecule has 0 saturated carbocycles. The maximum Gasteiger partial charge on any atom is 0.266 e. The fraction of sp³-hybridized carbons (Fsp3) is 0.0588. The molecule has 0 radical (unpaired) electrons. The number of rotatable bonds is 4. The molecule has 0 heterocycles. The topological polar surface area (TPSA) is 119 Å². The van der Waals surface area contributed by atoms with Crippen LogP contribution in [0.5, 0.6) is 5.75 Å². The largest absolute Gasteiger partial charge is 0.868 e. The highest BCUT2D eigenvalue weighted by Gasteiger charge is 2.12. The lowest BCUT2D eigenvalue weighted by molar-refractivity contribution is -0.398. The van der Waals surface area contributed by atoms with E-state index in [-0.39, 0.29) is 11.1 Å². The van der Waals surface area contributed by atoms with Gasteiger partial charge in [-0.3, -0.25) is 14.9 Å². The van der Waals surface area contributed by atoms with Crippen molar-refractivity contribution in [1.82, 2.24) is 0 Å². The molecule has 0 aliphatic rings. The molecule has 0 spiro atoms. The Morgan fingerprint density at radius 1 is 1.25 bits per heavy atom. The summed E-state index contributed by atoms with van der Waals surface area (Å²) in [4.78, 5) is 22.1. The molecule has 7 heteroatoms. The van der Waals surface area contributed by atoms with Gasteiger partial charge in [0, 0.05) is 11.8 Å². The van der Waals surface area contributed by atoms with Gasteiger partial charge in [-0.1, -0.05) is 29.8 Å². The first kappa shape index (κ1) is 16.7. The van der Waals surface area contributed by atoms with Gasteiger partial charge in [-0.15, -0.1) is 0 Å². The normalized spacial score (nSPS) is 10.8. The second-order valence-corrected chi connectivity index (χ2v) is 4.97. The standard InChI is InChI=1S/C17H13N3O4/c1-11-2-5-14(6-3-11)19-17(22)13(10-18)8-12-4-7-16(21)15(9-12)20(23)24/h2-9,21H,1H3,(H,19,22)/p-1/b13-8+. The van der Waals surface area contributed by atoms with Crippen molar-refractivity contribution in [2.75, 3.05) is 5.32 Å². The van der Waals surface area contributed by atoms with Crippen LogP contribution >= 0.6 is 0 Å². The van der Waals surface area contributed by atoms with Gasteiger partial charge >= 0.3 is 0 Å². The number of aryl methyl sites for hydroxylation is 1. The number of carbonyl (C=O) groups excluding carboxylic acids is 1. The van der Waals surface area contributed by atoms with E-state index in [0.717, 1.165) is 17.7 Å². The first-order valence-electron chi connectivity index (χ1n) is 6.86. The molecule has 7 nitrogen and oxygen atoms in total. The van der Waals surface area contributed by atoms with Crippen molar-refractivity contribution >= 4 is 23.4 Å². The first-order valence-corrected chi connectivity index (χ1v) is 6.86. The van der Waals surface area contributed by atoms with E-state index in [1.807, 2.05) is 19.1 Å². The Morgan fingerprint density at radius 3 is 2.50 bits per heavy atom. The molecule has 2 aromatic rings. The van der Waals surface area contributed by atoms with Gasteiger partial charge in [0.05, 0.1) is 4.92 Å². The van der Waals surface area contributed by atoms with Crippen LogP contribution < -0.4 is 10.4 Å². The molecule has 24 heavy (non-hydrogen) atoms. The highest BCUT2D eigenvalue weighted by molar-refractivity contribution is 6.09. The number of carbonyl (C=O) groups is 1. The molecule has 0 aliphatic heterocycles. The molecular weight excluding hydrogens is 310 g/mol. The predicted octanol–water partition coefficient (Wildman–Crippen LogP) is 2.52. The highest BCUT2D eigenvalue weighted by atomic mass is 16.6. The number of hydrogen-bond donors (Lipinski definition) is 1. The third-order valence-corrected chi connectivity index (χ3v) is 3.17. The number of benzene rings is 2. The highest BCUT2D eigenvalue weighted by Crippen LogP contribution is 2.25. The van der Waals surface area contributed by atoms with Gasteiger partial charge in [-0.05, 0) is 36.4 Å². The van der Waals surface area contributed by atoms with E-state index in [1.54, 1.807) is 18.2 Å². The Bertz CT molecular complexity index is 864. The van der Waals surface area contributed by atoms with Crippen molar-refractivity contribution in [2.45, 2.75) is 6.92 Å². The summed E-state index contributed by atoms with van der Waals surface area (Å²) in [6.07, 6.45) is 1.19. The minimum absolute atomic E-state index is 0.219. The van der Waals surface area contributed by atoms with Crippen LogP contribution in [-0.4, -0.2) is 10.8 Å². The number of nitrogens with zero attached hydrogens (tertiary/aromatic N) is 2. The lowest BCUT2D eigenvalue weighted by Crippen LogP contribution is -2.13. The lowest BCUT2D eigenvalue weighted by Gasteiger charge is -2.07. The van der Waals surface area contributed by atoms with Crippen LogP contribution in [0, 0.1) is 28.4 Å². The summed E-state index contributed by atoms with van der Waals surface area (Å²) in [5.74, 6) is -1.38. The average Bonchev–Trinajstić information content (AvgIpc) is 2.55. The van der Waals surface area contributed by atoms with Crippen molar-refractivity contribution < 1.29 is 14.8 Å². The summed E-state index contributed by atoms with van der Waals surface area (Å²) in [6.45, 7) is 1.90. The molecule has 0 fully saturated rings. The van der Waals surface area contributed by atoms with Gasteiger partial charge in [-0.2, -0.15) is 5.26 Å². The summed E-state index contributed by atoms with van der Waals surface area (Å²) in [5.41, 5.74) is 0.919. The number of amides is 1. The number of nitriles is 1. The minimum atomic E-state index is -0.807. The van der Waals surface area contributed by atoms with Crippen molar-refractivity contribution in [3.05, 3.63) is 69.3 Å². The van der Waals surface area contributed by atoms with E-state index < -0.39 is 22.3 Å². The SMILES string of the molecule is Cc1ccc(NC(=O)/C(C#N)=C/c2ccc([O-])c([N+](=O)[O-])c2)cc1. The summed E-state index contributed by atoms with van der Waals surface area (Å²) >= 11 is 0. The maximum atomic E-state index is 12.1.